The van der Waals surface area contributed by atoms with Crippen molar-refractivity contribution in [1.82, 2.24) is 25.3 Å². The van der Waals surface area contributed by atoms with Crippen LogP contribution in [0.4, 0.5) is 9.93 Å². The molecule has 1 saturated heterocycles. The molecule has 138 valence electrons. The third-order valence-electron chi connectivity index (χ3n) is 4.98. The lowest BCUT2D eigenvalue weighted by atomic mass is 10.1. The zero-order chi connectivity index (χ0) is 17.8. The lowest BCUT2D eigenvalue weighted by Gasteiger charge is -2.25. The van der Waals surface area contributed by atoms with Crippen molar-refractivity contribution in [2.24, 2.45) is 5.92 Å². The van der Waals surface area contributed by atoms with Crippen LogP contribution in [0, 0.1) is 5.92 Å². The number of nitrogen functional groups attached to an aromatic ring is 1. The molecule has 0 radical (unpaired) electrons. The van der Waals surface area contributed by atoms with Gasteiger partial charge in [0.15, 0.2) is 0 Å². The van der Waals surface area contributed by atoms with Gasteiger partial charge in [-0.25, -0.2) is 4.79 Å². The van der Waals surface area contributed by atoms with Crippen molar-refractivity contribution in [3.8, 4) is 0 Å². The predicted octanol–water partition coefficient (Wildman–Crippen LogP) is 1.10. The molecule has 25 heavy (non-hydrogen) atoms. The summed E-state index contributed by atoms with van der Waals surface area (Å²) in [4.78, 5) is 28.2. The van der Waals surface area contributed by atoms with E-state index in [9.17, 15) is 9.59 Å². The van der Waals surface area contributed by atoms with Gasteiger partial charge < -0.3 is 20.9 Å². The number of urea groups is 1. The van der Waals surface area contributed by atoms with Crippen LogP contribution < -0.4 is 11.1 Å². The monoisotopic (exact) mass is 366 g/mol. The van der Waals surface area contributed by atoms with Crippen molar-refractivity contribution < 1.29 is 9.59 Å². The molecule has 1 aliphatic carbocycles. The van der Waals surface area contributed by atoms with Crippen molar-refractivity contribution in [3.05, 3.63) is 5.01 Å². The van der Waals surface area contributed by atoms with Crippen LogP contribution in [-0.4, -0.2) is 64.7 Å². The molecule has 2 fully saturated rings. The number of likely N-dealkylation sites (tertiary alicyclic amines) is 1. The number of hydrogen-bond acceptors (Lipinski definition) is 6. The van der Waals surface area contributed by atoms with E-state index in [1.165, 1.54) is 24.2 Å². The van der Waals surface area contributed by atoms with Gasteiger partial charge in [0.05, 0.1) is 0 Å². The minimum absolute atomic E-state index is 0.121. The standard InChI is InChI=1S/C16H26N6O2S/c1-21(16(24)18-7-6-13-19-20-15(17)25-13)9-11-8-14(23)22(10-11)12-4-2-3-5-12/h11-12H,2-10H2,1H3,(H2,17,20)(H,18,24). The number of hydrogen-bond donors (Lipinski definition) is 2. The Morgan fingerprint density at radius 1 is 1.40 bits per heavy atom. The highest BCUT2D eigenvalue weighted by molar-refractivity contribution is 7.15. The average Bonchev–Trinajstić information content (AvgIpc) is 3.29. The number of carbonyl (C=O) groups excluding carboxylic acids is 2. The molecule has 1 aromatic heterocycles. The Balaban J connectivity index is 1.40. The zero-order valence-electron chi connectivity index (χ0n) is 14.6. The minimum atomic E-state index is -0.121. The van der Waals surface area contributed by atoms with E-state index in [0.717, 1.165) is 24.4 Å². The highest BCUT2D eigenvalue weighted by Gasteiger charge is 2.36. The topological polar surface area (TPSA) is 104 Å². The number of amides is 3. The van der Waals surface area contributed by atoms with Crippen LogP contribution in [0.1, 0.15) is 37.1 Å². The molecule has 2 heterocycles. The molecule has 1 aliphatic heterocycles. The Kier molecular flexibility index (Phi) is 5.72. The molecule has 1 aromatic rings. The number of nitrogens with one attached hydrogen (secondary N) is 1. The first-order valence-corrected chi connectivity index (χ1v) is 9.71. The van der Waals surface area contributed by atoms with Gasteiger partial charge >= 0.3 is 6.03 Å². The summed E-state index contributed by atoms with van der Waals surface area (Å²) in [5.41, 5.74) is 5.54. The Hall–Kier alpha value is -1.90. The summed E-state index contributed by atoms with van der Waals surface area (Å²) in [6.07, 6.45) is 5.88. The van der Waals surface area contributed by atoms with E-state index in [-0.39, 0.29) is 17.9 Å². The van der Waals surface area contributed by atoms with E-state index < -0.39 is 0 Å². The Labute approximate surface area is 151 Å². The number of aromatic nitrogens is 2. The van der Waals surface area contributed by atoms with Gasteiger partial charge in [-0.2, -0.15) is 0 Å². The molecule has 3 amide bonds. The van der Waals surface area contributed by atoms with Crippen LogP contribution in [0.25, 0.3) is 0 Å². The first-order chi connectivity index (χ1) is 12.0. The molecular formula is C16H26N6O2S. The van der Waals surface area contributed by atoms with Crippen molar-refractivity contribution >= 4 is 28.4 Å². The Bertz CT molecular complexity index is 616. The van der Waals surface area contributed by atoms with E-state index >= 15 is 0 Å². The van der Waals surface area contributed by atoms with E-state index in [1.54, 1.807) is 11.9 Å². The highest BCUT2D eigenvalue weighted by atomic mass is 32.1. The summed E-state index contributed by atoms with van der Waals surface area (Å²) >= 11 is 1.33. The molecule has 1 unspecified atom stereocenters. The second-order valence-electron chi connectivity index (χ2n) is 6.95. The van der Waals surface area contributed by atoms with Crippen molar-refractivity contribution in [1.29, 1.82) is 0 Å². The molecule has 1 atom stereocenters. The molecular weight excluding hydrogens is 340 g/mol. The molecule has 2 aliphatic rings. The molecule has 9 heteroatoms. The smallest absolute Gasteiger partial charge is 0.317 e. The van der Waals surface area contributed by atoms with Gasteiger partial charge in [-0.15, -0.1) is 10.2 Å². The molecule has 0 bridgehead atoms. The van der Waals surface area contributed by atoms with E-state index in [0.29, 0.717) is 37.1 Å². The van der Waals surface area contributed by atoms with Crippen molar-refractivity contribution in [3.63, 3.8) is 0 Å². The summed E-state index contributed by atoms with van der Waals surface area (Å²) in [5, 5.41) is 11.8. The summed E-state index contributed by atoms with van der Waals surface area (Å²) in [6, 6.07) is 0.306. The second kappa shape index (κ2) is 7.99. The molecule has 8 nitrogen and oxygen atoms in total. The van der Waals surface area contributed by atoms with Gasteiger partial charge in [0.2, 0.25) is 11.0 Å². The first-order valence-electron chi connectivity index (χ1n) is 8.89. The van der Waals surface area contributed by atoms with Gasteiger partial charge in [-0.3, -0.25) is 4.79 Å². The highest BCUT2D eigenvalue weighted by Crippen LogP contribution is 2.29. The van der Waals surface area contributed by atoms with E-state index in [2.05, 4.69) is 15.5 Å². The average molecular weight is 366 g/mol. The number of rotatable bonds is 6. The fourth-order valence-corrected chi connectivity index (χ4v) is 4.36. The van der Waals surface area contributed by atoms with Crippen molar-refractivity contribution in [2.75, 3.05) is 32.4 Å². The van der Waals surface area contributed by atoms with Crippen molar-refractivity contribution in [2.45, 2.75) is 44.6 Å². The van der Waals surface area contributed by atoms with Crippen LogP contribution in [0.2, 0.25) is 0 Å². The first kappa shape index (κ1) is 17.9. The Morgan fingerprint density at radius 3 is 2.84 bits per heavy atom. The van der Waals surface area contributed by atoms with E-state index in [4.69, 9.17) is 5.73 Å². The van der Waals surface area contributed by atoms with Crippen LogP contribution in [0.5, 0.6) is 0 Å². The third-order valence-corrected chi connectivity index (χ3v) is 5.79. The molecule has 0 aromatic carbocycles. The zero-order valence-corrected chi connectivity index (χ0v) is 15.4. The molecule has 3 N–H and O–H groups in total. The minimum Gasteiger partial charge on any atom is -0.374 e. The lowest BCUT2D eigenvalue weighted by molar-refractivity contribution is -0.129. The fraction of sp³-hybridized carbons (Fsp3) is 0.750. The third kappa shape index (κ3) is 4.59. The number of anilines is 1. The van der Waals surface area contributed by atoms with Gasteiger partial charge in [0.1, 0.15) is 5.01 Å². The maximum atomic E-state index is 12.2. The second-order valence-corrected chi connectivity index (χ2v) is 8.04. The van der Waals surface area contributed by atoms with Gasteiger partial charge in [-0.1, -0.05) is 24.2 Å². The fourth-order valence-electron chi connectivity index (χ4n) is 3.75. The summed E-state index contributed by atoms with van der Waals surface area (Å²) < 4.78 is 0. The van der Waals surface area contributed by atoms with E-state index in [1.807, 2.05) is 4.90 Å². The molecule has 3 rings (SSSR count). The van der Waals surface area contributed by atoms with Gasteiger partial charge in [0, 0.05) is 51.5 Å². The normalized spacial score (nSPS) is 21.1. The van der Waals surface area contributed by atoms with Gasteiger partial charge in [-0.05, 0) is 12.8 Å². The Morgan fingerprint density at radius 2 is 2.16 bits per heavy atom. The summed E-state index contributed by atoms with van der Waals surface area (Å²) in [6.45, 7) is 1.88. The van der Waals surface area contributed by atoms with Crippen LogP contribution in [0.3, 0.4) is 0 Å². The SMILES string of the molecule is CN(CC1CC(=O)N(C2CCCC2)C1)C(=O)NCCc1nnc(N)s1. The van der Waals surface area contributed by atoms with Crippen LogP contribution in [-0.2, 0) is 11.2 Å². The molecule has 1 saturated carbocycles. The number of carbonyl (C=O) groups is 2. The number of nitrogens with zero attached hydrogens (tertiary/aromatic N) is 4. The van der Waals surface area contributed by atoms with Crippen LogP contribution >= 0.6 is 11.3 Å². The summed E-state index contributed by atoms with van der Waals surface area (Å²) in [7, 11) is 1.78. The summed E-state index contributed by atoms with van der Waals surface area (Å²) in [5.74, 6) is 0.478. The number of nitrogens with two attached hydrogens (primary N) is 1. The molecule has 0 spiro atoms. The van der Waals surface area contributed by atoms with Gasteiger partial charge in [0.25, 0.3) is 0 Å². The maximum Gasteiger partial charge on any atom is 0.317 e. The largest absolute Gasteiger partial charge is 0.374 e. The predicted molar refractivity (Wildman–Crippen MR) is 96.1 cm³/mol. The van der Waals surface area contributed by atoms with Crippen LogP contribution in [0.15, 0.2) is 0 Å². The maximum absolute atomic E-state index is 12.2. The lowest BCUT2D eigenvalue weighted by Crippen LogP contribution is -2.41. The quantitative estimate of drug-likeness (QED) is 0.784.